The third-order valence-corrected chi connectivity index (χ3v) is 4.91. The third-order valence-electron chi connectivity index (χ3n) is 3.94. The summed E-state index contributed by atoms with van der Waals surface area (Å²) in [6.07, 6.45) is 2.13. The molecule has 1 atom stereocenters. The van der Waals surface area contributed by atoms with Gasteiger partial charge in [-0.1, -0.05) is 23.5 Å². The highest BCUT2D eigenvalue weighted by molar-refractivity contribution is 7.15. The van der Waals surface area contributed by atoms with Crippen molar-refractivity contribution < 1.29 is 9.52 Å². The van der Waals surface area contributed by atoms with Gasteiger partial charge in [-0.3, -0.25) is 0 Å². The molecule has 3 aromatic rings. The zero-order valence-corrected chi connectivity index (χ0v) is 12.8. The first-order valence-corrected chi connectivity index (χ1v) is 8.19. The lowest BCUT2D eigenvalue weighted by atomic mass is 9.98. The van der Waals surface area contributed by atoms with E-state index in [4.69, 9.17) is 9.52 Å². The zero-order chi connectivity index (χ0) is 14.9. The molecule has 6 nitrogen and oxygen atoms in total. The number of oxazole rings is 1. The summed E-state index contributed by atoms with van der Waals surface area (Å²) in [5.74, 6) is 1.07. The summed E-state index contributed by atoms with van der Waals surface area (Å²) in [5, 5.41) is 18.8. The standard InChI is InChI=1S/C15H16N4O2S/c20-9-13-17-18-15(22-13)19-7-3-4-10(8-19)14-16-11-5-1-2-6-12(11)21-14/h1-2,5-6,10,20H,3-4,7-9H2/t10-/m0/s1. The molecule has 1 N–H and O–H groups in total. The van der Waals surface area contributed by atoms with Gasteiger partial charge < -0.3 is 14.4 Å². The van der Waals surface area contributed by atoms with Gasteiger partial charge in [0.15, 0.2) is 11.5 Å². The second-order valence-corrected chi connectivity index (χ2v) is 6.48. The Morgan fingerprint density at radius 2 is 2.23 bits per heavy atom. The van der Waals surface area contributed by atoms with Crippen LogP contribution < -0.4 is 4.90 Å². The minimum Gasteiger partial charge on any atom is -0.440 e. The van der Waals surface area contributed by atoms with Crippen LogP contribution in [0.3, 0.4) is 0 Å². The van der Waals surface area contributed by atoms with E-state index in [-0.39, 0.29) is 12.5 Å². The molecule has 0 amide bonds. The average Bonchev–Trinajstić information content (AvgIpc) is 3.21. The van der Waals surface area contributed by atoms with Crippen LogP contribution in [0.2, 0.25) is 0 Å². The number of aliphatic hydroxyl groups is 1. The van der Waals surface area contributed by atoms with Gasteiger partial charge in [-0.2, -0.15) is 0 Å². The number of anilines is 1. The third kappa shape index (κ3) is 2.46. The van der Waals surface area contributed by atoms with Gasteiger partial charge in [0.2, 0.25) is 5.13 Å². The van der Waals surface area contributed by atoms with E-state index in [0.29, 0.717) is 5.01 Å². The summed E-state index contributed by atoms with van der Waals surface area (Å²) < 4.78 is 5.91. The Balaban J connectivity index is 1.57. The van der Waals surface area contributed by atoms with Crippen molar-refractivity contribution in [2.45, 2.75) is 25.4 Å². The number of para-hydroxylation sites is 2. The predicted molar refractivity (Wildman–Crippen MR) is 84.0 cm³/mol. The van der Waals surface area contributed by atoms with Gasteiger partial charge in [-0.25, -0.2) is 4.98 Å². The van der Waals surface area contributed by atoms with Crippen molar-refractivity contribution in [1.82, 2.24) is 15.2 Å². The van der Waals surface area contributed by atoms with Crippen molar-refractivity contribution in [2.24, 2.45) is 0 Å². The Morgan fingerprint density at radius 3 is 3.05 bits per heavy atom. The number of hydrogen-bond donors (Lipinski definition) is 1. The highest BCUT2D eigenvalue weighted by atomic mass is 32.1. The first-order valence-electron chi connectivity index (χ1n) is 7.37. The van der Waals surface area contributed by atoms with E-state index in [1.165, 1.54) is 11.3 Å². The van der Waals surface area contributed by atoms with Crippen LogP contribution in [-0.2, 0) is 6.61 Å². The molecule has 1 aliphatic heterocycles. The molecule has 1 aromatic carbocycles. The Hall–Kier alpha value is -1.99. The summed E-state index contributed by atoms with van der Waals surface area (Å²) in [6.45, 7) is 1.73. The van der Waals surface area contributed by atoms with Crippen LogP contribution >= 0.6 is 11.3 Å². The molecule has 0 spiro atoms. The maximum absolute atomic E-state index is 9.12. The smallest absolute Gasteiger partial charge is 0.208 e. The van der Waals surface area contributed by atoms with Crippen molar-refractivity contribution in [3.05, 3.63) is 35.2 Å². The van der Waals surface area contributed by atoms with Crippen molar-refractivity contribution in [3.8, 4) is 0 Å². The number of piperidine rings is 1. The Labute approximate surface area is 131 Å². The number of benzene rings is 1. The van der Waals surface area contributed by atoms with E-state index in [2.05, 4.69) is 20.1 Å². The van der Waals surface area contributed by atoms with E-state index in [1.54, 1.807) is 0 Å². The van der Waals surface area contributed by atoms with Crippen LogP contribution in [0.4, 0.5) is 5.13 Å². The summed E-state index contributed by atoms with van der Waals surface area (Å²) >= 11 is 1.44. The average molecular weight is 316 g/mol. The van der Waals surface area contributed by atoms with E-state index < -0.39 is 0 Å². The summed E-state index contributed by atoms with van der Waals surface area (Å²) in [7, 11) is 0. The molecule has 22 heavy (non-hydrogen) atoms. The number of hydrogen-bond acceptors (Lipinski definition) is 7. The van der Waals surface area contributed by atoms with Gasteiger partial charge in [0.1, 0.15) is 10.5 Å². The zero-order valence-electron chi connectivity index (χ0n) is 12.0. The first kappa shape index (κ1) is 13.7. The highest BCUT2D eigenvalue weighted by Gasteiger charge is 2.27. The molecule has 2 aromatic heterocycles. The molecule has 0 aliphatic carbocycles. The number of nitrogens with zero attached hydrogens (tertiary/aromatic N) is 4. The van der Waals surface area contributed by atoms with Gasteiger partial charge >= 0.3 is 0 Å². The molecule has 4 rings (SSSR count). The topological polar surface area (TPSA) is 75.3 Å². The lowest BCUT2D eigenvalue weighted by molar-refractivity contribution is 0.280. The molecule has 1 fully saturated rings. The minimum atomic E-state index is -0.0555. The predicted octanol–water partition coefficient (Wildman–Crippen LogP) is 2.56. The molecule has 114 valence electrons. The molecular formula is C15H16N4O2S. The van der Waals surface area contributed by atoms with Gasteiger partial charge in [0.25, 0.3) is 0 Å². The van der Waals surface area contributed by atoms with Crippen molar-refractivity contribution in [2.75, 3.05) is 18.0 Å². The van der Waals surface area contributed by atoms with Crippen LogP contribution in [0.15, 0.2) is 28.7 Å². The summed E-state index contributed by atoms with van der Waals surface area (Å²) in [6, 6.07) is 7.85. The molecule has 7 heteroatoms. The minimum absolute atomic E-state index is 0.0555. The van der Waals surface area contributed by atoms with E-state index >= 15 is 0 Å². The highest BCUT2D eigenvalue weighted by Crippen LogP contribution is 2.32. The van der Waals surface area contributed by atoms with Gasteiger partial charge in [0.05, 0.1) is 12.5 Å². The SMILES string of the molecule is OCc1nnc(N2CCC[C@H](c3nc4ccccc4o3)C2)s1. The fraction of sp³-hybridized carbons (Fsp3) is 0.400. The number of aliphatic hydroxyl groups excluding tert-OH is 1. The van der Waals surface area contributed by atoms with Gasteiger partial charge in [0, 0.05) is 13.1 Å². The Morgan fingerprint density at radius 1 is 1.32 bits per heavy atom. The lowest BCUT2D eigenvalue weighted by Crippen LogP contribution is -2.34. The molecule has 3 heterocycles. The first-order chi connectivity index (χ1) is 10.8. The van der Waals surface area contributed by atoms with Crippen LogP contribution in [0.1, 0.15) is 29.7 Å². The van der Waals surface area contributed by atoms with E-state index in [9.17, 15) is 0 Å². The second kappa shape index (κ2) is 5.66. The molecule has 1 saturated heterocycles. The van der Waals surface area contributed by atoms with Crippen LogP contribution in [0.5, 0.6) is 0 Å². The number of fused-ring (bicyclic) bond motifs is 1. The van der Waals surface area contributed by atoms with E-state index in [0.717, 1.165) is 48.1 Å². The molecule has 1 aliphatic rings. The second-order valence-electron chi connectivity index (χ2n) is 5.44. The summed E-state index contributed by atoms with van der Waals surface area (Å²) in [5.41, 5.74) is 1.75. The van der Waals surface area contributed by atoms with Crippen molar-refractivity contribution in [3.63, 3.8) is 0 Å². The normalized spacial score (nSPS) is 19.0. The Bertz CT molecular complexity index is 752. The molecule has 0 unspecified atom stereocenters. The molecule has 0 radical (unpaired) electrons. The molecule has 0 bridgehead atoms. The van der Waals surface area contributed by atoms with Crippen molar-refractivity contribution >= 4 is 27.6 Å². The van der Waals surface area contributed by atoms with Crippen molar-refractivity contribution in [1.29, 1.82) is 0 Å². The monoisotopic (exact) mass is 316 g/mol. The van der Waals surface area contributed by atoms with Crippen LogP contribution in [-0.4, -0.2) is 33.4 Å². The maximum atomic E-state index is 9.12. The van der Waals surface area contributed by atoms with E-state index in [1.807, 2.05) is 24.3 Å². The largest absolute Gasteiger partial charge is 0.440 e. The Kier molecular flexibility index (Phi) is 3.51. The quantitative estimate of drug-likeness (QED) is 0.800. The van der Waals surface area contributed by atoms with Crippen LogP contribution in [0.25, 0.3) is 11.1 Å². The molecular weight excluding hydrogens is 300 g/mol. The number of rotatable bonds is 3. The number of aromatic nitrogens is 3. The van der Waals surface area contributed by atoms with Crippen LogP contribution in [0, 0.1) is 0 Å². The molecule has 0 saturated carbocycles. The summed E-state index contributed by atoms with van der Waals surface area (Å²) in [4.78, 5) is 6.83. The fourth-order valence-electron chi connectivity index (χ4n) is 2.85. The van der Waals surface area contributed by atoms with Gasteiger partial charge in [-0.05, 0) is 25.0 Å². The fourth-order valence-corrected chi connectivity index (χ4v) is 3.59. The van der Waals surface area contributed by atoms with Gasteiger partial charge in [-0.15, -0.1) is 10.2 Å². The maximum Gasteiger partial charge on any atom is 0.208 e. The lowest BCUT2D eigenvalue weighted by Gasteiger charge is -2.30.